The first-order valence-corrected chi connectivity index (χ1v) is 7.11. The fraction of sp³-hybridized carbons (Fsp3) is 0.294. The summed E-state index contributed by atoms with van der Waals surface area (Å²) >= 11 is 0. The average molecular weight is 283 g/mol. The molecule has 2 atom stereocenters. The predicted octanol–water partition coefficient (Wildman–Crippen LogP) is 3.07. The van der Waals surface area contributed by atoms with Gasteiger partial charge in [0.15, 0.2) is 0 Å². The number of aromatic nitrogens is 1. The van der Waals surface area contributed by atoms with E-state index in [0.29, 0.717) is 0 Å². The van der Waals surface area contributed by atoms with Crippen LogP contribution in [-0.2, 0) is 4.79 Å². The molecule has 1 amide bonds. The highest BCUT2D eigenvalue weighted by Crippen LogP contribution is 2.11. The Morgan fingerprint density at radius 2 is 1.81 bits per heavy atom. The number of amides is 1. The minimum atomic E-state index is -0.302. The first kappa shape index (κ1) is 15.2. The summed E-state index contributed by atoms with van der Waals surface area (Å²) in [7, 11) is 0. The summed E-state index contributed by atoms with van der Waals surface area (Å²) in [6.45, 7) is 5.87. The summed E-state index contributed by atoms with van der Waals surface area (Å²) in [5, 5.41) is 6.16. The van der Waals surface area contributed by atoms with Gasteiger partial charge in [-0.2, -0.15) is 0 Å². The first-order chi connectivity index (χ1) is 10.1. The van der Waals surface area contributed by atoms with Crippen LogP contribution in [0.1, 0.15) is 31.1 Å². The van der Waals surface area contributed by atoms with E-state index in [1.165, 1.54) is 5.56 Å². The second-order valence-corrected chi connectivity index (χ2v) is 5.22. The molecule has 110 valence electrons. The van der Waals surface area contributed by atoms with Crippen LogP contribution in [0.2, 0.25) is 0 Å². The molecule has 0 aliphatic carbocycles. The first-order valence-electron chi connectivity index (χ1n) is 7.11. The number of anilines is 1. The SMILES string of the molecule is Cc1ccc(NC(=O)C(C)NC(C)c2ccccn2)cc1. The molecule has 21 heavy (non-hydrogen) atoms. The van der Waals surface area contributed by atoms with E-state index in [0.717, 1.165) is 11.4 Å². The molecular formula is C17H21N3O. The number of hydrogen-bond donors (Lipinski definition) is 2. The highest BCUT2D eigenvalue weighted by atomic mass is 16.2. The van der Waals surface area contributed by atoms with E-state index in [-0.39, 0.29) is 18.0 Å². The third kappa shape index (κ3) is 4.39. The van der Waals surface area contributed by atoms with E-state index >= 15 is 0 Å². The number of benzene rings is 1. The summed E-state index contributed by atoms with van der Waals surface area (Å²) in [5.74, 6) is -0.0540. The van der Waals surface area contributed by atoms with Crippen molar-refractivity contribution in [1.82, 2.24) is 10.3 Å². The molecule has 1 aromatic carbocycles. The van der Waals surface area contributed by atoms with Gasteiger partial charge in [0.25, 0.3) is 0 Å². The lowest BCUT2D eigenvalue weighted by Gasteiger charge is -2.19. The van der Waals surface area contributed by atoms with Gasteiger partial charge in [0.05, 0.1) is 11.7 Å². The maximum absolute atomic E-state index is 12.2. The average Bonchev–Trinajstić information content (AvgIpc) is 2.50. The quantitative estimate of drug-likeness (QED) is 0.886. The molecule has 0 fully saturated rings. The molecule has 2 unspecified atom stereocenters. The van der Waals surface area contributed by atoms with Gasteiger partial charge < -0.3 is 5.32 Å². The third-order valence-corrected chi connectivity index (χ3v) is 3.34. The van der Waals surface area contributed by atoms with Gasteiger partial charge in [0.1, 0.15) is 0 Å². The third-order valence-electron chi connectivity index (χ3n) is 3.34. The van der Waals surface area contributed by atoms with Gasteiger partial charge in [0, 0.05) is 17.9 Å². The van der Waals surface area contributed by atoms with E-state index in [1.807, 2.05) is 63.2 Å². The standard InChI is InChI=1S/C17H21N3O/c1-12-7-9-15(10-8-12)20-17(21)14(3)19-13(2)16-6-4-5-11-18-16/h4-11,13-14,19H,1-3H3,(H,20,21). The molecule has 2 rings (SSSR count). The van der Waals surface area contributed by atoms with Crippen molar-refractivity contribution in [3.8, 4) is 0 Å². The normalized spacial score (nSPS) is 13.5. The largest absolute Gasteiger partial charge is 0.325 e. The molecule has 4 nitrogen and oxygen atoms in total. The molecule has 0 aliphatic rings. The van der Waals surface area contributed by atoms with Gasteiger partial charge >= 0.3 is 0 Å². The highest BCUT2D eigenvalue weighted by molar-refractivity contribution is 5.94. The smallest absolute Gasteiger partial charge is 0.241 e. The number of nitrogens with zero attached hydrogens (tertiary/aromatic N) is 1. The Morgan fingerprint density at radius 1 is 1.10 bits per heavy atom. The number of carbonyl (C=O) groups excluding carboxylic acids is 1. The molecule has 0 saturated heterocycles. The van der Waals surface area contributed by atoms with Crippen LogP contribution in [0.15, 0.2) is 48.7 Å². The van der Waals surface area contributed by atoms with Crippen molar-refractivity contribution in [2.75, 3.05) is 5.32 Å². The zero-order valence-corrected chi connectivity index (χ0v) is 12.6. The van der Waals surface area contributed by atoms with Crippen LogP contribution in [0.3, 0.4) is 0 Å². The number of nitrogens with one attached hydrogen (secondary N) is 2. The molecule has 4 heteroatoms. The second kappa shape index (κ2) is 6.99. The van der Waals surface area contributed by atoms with Gasteiger partial charge in [-0.1, -0.05) is 23.8 Å². The number of pyridine rings is 1. The zero-order chi connectivity index (χ0) is 15.2. The maximum Gasteiger partial charge on any atom is 0.241 e. The molecule has 0 saturated carbocycles. The molecule has 1 heterocycles. The van der Waals surface area contributed by atoms with Crippen molar-refractivity contribution in [2.45, 2.75) is 32.9 Å². The topological polar surface area (TPSA) is 54.0 Å². The maximum atomic E-state index is 12.2. The summed E-state index contributed by atoms with van der Waals surface area (Å²) < 4.78 is 0. The number of aryl methyl sites for hydroxylation is 1. The molecule has 0 bridgehead atoms. The lowest BCUT2D eigenvalue weighted by Crippen LogP contribution is -2.39. The predicted molar refractivity (Wildman–Crippen MR) is 85.1 cm³/mol. The van der Waals surface area contributed by atoms with Crippen molar-refractivity contribution < 1.29 is 4.79 Å². The van der Waals surface area contributed by atoms with E-state index < -0.39 is 0 Å². The fourth-order valence-corrected chi connectivity index (χ4v) is 2.06. The van der Waals surface area contributed by atoms with E-state index in [9.17, 15) is 4.79 Å². The van der Waals surface area contributed by atoms with Crippen LogP contribution < -0.4 is 10.6 Å². The molecule has 2 aromatic rings. The molecular weight excluding hydrogens is 262 g/mol. The van der Waals surface area contributed by atoms with Crippen molar-refractivity contribution in [2.24, 2.45) is 0 Å². The Morgan fingerprint density at radius 3 is 2.43 bits per heavy atom. The Labute approximate surface area is 125 Å². The minimum absolute atomic E-state index is 0.0185. The van der Waals surface area contributed by atoms with Gasteiger partial charge in [-0.3, -0.25) is 15.1 Å². The fourth-order valence-electron chi connectivity index (χ4n) is 2.06. The van der Waals surface area contributed by atoms with Crippen LogP contribution in [0, 0.1) is 6.92 Å². The van der Waals surface area contributed by atoms with Crippen molar-refractivity contribution in [1.29, 1.82) is 0 Å². The number of hydrogen-bond acceptors (Lipinski definition) is 3. The van der Waals surface area contributed by atoms with E-state index in [1.54, 1.807) is 6.20 Å². The number of carbonyl (C=O) groups is 1. The van der Waals surface area contributed by atoms with Gasteiger partial charge in [-0.15, -0.1) is 0 Å². The Bertz CT molecular complexity index is 581. The van der Waals surface area contributed by atoms with Crippen LogP contribution in [0.25, 0.3) is 0 Å². The minimum Gasteiger partial charge on any atom is -0.325 e. The van der Waals surface area contributed by atoms with Gasteiger partial charge in [-0.25, -0.2) is 0 Å². The number of rotatable bonds is 5. The lowest BCUT2D eigenvalue weighted by molar-refractivity contribution is -0.117. The summed E-state index contributed by atoms with van der Waals surface area (Å²) in [6.07, 6.45) is 1.75. The van der Waals surface area contributed by atoms with Crippen LogP contribution in [-0.4, -0.2) is 16.9 Å². The summed E-state index contributed by atoms with van der Waals surface area (Å²) in [4.78, 5) is 16.5. The van der Waals surface area contributed by atoms with Crippen molar-refractivity contribution in [3.05, 3.63) is 59.9 Å². The summed E-state index contributed by atoms with van der Waals surface area (Å²) in [6, 6.07) is 13.2. The molecule has 0 spiro atoms. The molecule has 0 aliphatic heterocycles. The van der Waals surface area contributed by atoms with Crippen LogP contribution in [0.4, 0.5) is 5.69 Å². The van der Waals surface area contributed by atoms with E-state index in [2.05, 4.69) is 15.6 Å². The van der Waals surface area contributed by atoms with Crippen LogP contribution >= 0.6 is 0 Å². The molecule has 2 N–H and O–H groups in total. The van der Waals surface area contributed by atoms with Crippen LogP contribution in [0.5, 0.6) is 0 Å². The lowest BCUT2D eigenvalue weighted by atomic mass is 10.1. The van der Waals surface area contributed by atoms with E-state index in [4.69, 9.17) is 0 Å². The van der Waals surface area contributed by atoms with Crippen molar-refractivity contribution in [3.63, 3.8) is 0 Å². The highest BCUT2D eigenvalue weighted by Gasteiger charge is 2.16. The Kier molecular flexibility index (Phi) is 5.06. The second-order valence-electron chi connectivity index (χ2n) is 5.22. The molecule has 1 aromatic heterocycles. The monoisotopic (exact) mass is 283 g/mol. The summed E-state index contributed by atoms with van der Waals surface area (Å²) in [5.41, 5.74) is 2.90. The zero-order valence-electron chi connectivity index (χ0n) is 12.6. The Hall–Kier alpha value is -2.20. The van der Waals surface area contributed by atoms with Crippen molar-refractivity contribution >= 4 is 11.6 Å². The van der Waals surface area contributed by atoms with Gasteiger partial charge in [-0.05, 0) is 45.0 Å². The van der Waals surface area contributed by atoms with Gasteiger partial charge in [0.2, 0.25) is 5.91 Å². The Balaban J connectivity index is 1.92. The molecule has 0 radical (unpaired) electrons.